The van der Waals surface area contributed by atoms with Crippen LogP contribution in [0.25, 0.3) is 0 Å². The lowest BCUT2D eigenvalue weighted by Gasteiger charge is -2.03. The first-order valence-electron chi connectivity index (χ1n) is 6.18. The van der Waals surface area contributed by atoms with Gasteiger partial charge in [-0.05, 0) is 18.4 Å². The first kappa shape index (κ1) is 18.1. The third kappa shape index (κ3) is 17.3. The van der Waals surface area contributed by atoms with E-state index in [1.807, 2.05) is 32.1 Å². The second-order valence-electron chi connectivity index (χ2n) is 4.34. The van der Waals surface area contributed by atoms with Crippen molar-refractivity contribution >= 4 is 5.91 Å². The van der Waals surface area contributed by atoms with Crippen molar-refractivity contribution in [2.24, 2.45) is 5.92 Å². The van der Waals surface area contributed by atoms with Gasteiger partial charge < -0.3 is 5.32 Å². The molecule has 2 nitrogen and oxygen atoms in total. The largest absolute Gasteiger partial charge is 0.352 e. The van der Waals surface area contributed by atoms with Crippen LogP contribution in [0.1, 0.15) is 41.0 Å². The molecule has 0 rings (SSSR count). The van der Waals surface area contributed by atoms with Crippen LogP contribution >= 0.6 is 0 Å². The molecule has 2 heteroatoms. The summed E-state index contributed by atoms with van der Waals surface area (Å²) in [5, 5.41) is 2.80. The maximum absolute atomic E-state index is 10.9. The summed E-state index contributed by atoms with van der Waals surface area (Å²) < 4.78 is 0. The van der Waals surface area contributed by atoms with Gasteiger partial charge in [-0.25, -0.2) is 0 Å². The molecule has 0 aliphatic heterocycles. The smallest absolute Gasteiger partial charge is 0.219 e. The first-order chi connectivity index (χ1) is 7.97. The minimum Gasteiger partial charge on any atom is -0.352 e. The Kier molecular flexibility index (Phi) is 13.6. The van der Waals surface area contributed by atoms with Crippen molar-refractivity contribution in [3.05, 3.63) is 36.5 Å². The highest BCUT2D eigenvalue weighted by Crippen LogP contribution is 1.95. The molecule has 0 aromatic heterocycles. The predicted molar refractivity (Wildman–Crippen MR) is 76.9 cm³/mol. The summed E-state index contributed by atoms with van der Waals surface area (Å²) in [6.45, 7) is 14.5. The lowest BCUT2D eigenvalue weighted by atomic mass is 10.2. The quantitative estimate of drug-likeness (QED) is 0.723. The van der Waals surface area contributed by atoms with Crippen LogP contribution < -0.4 is 5.32 Å². The van der Waals surface area contributed by atoms with Gasteiger partial charge in [0, 0.05) is 13.0 Å². The molecule has 98 valence electrons. The Morgan fingerprint density at radius 1 is 1.35 bits per heavy atom. The Morgan fingerprint density at radius 3 is 2.24 bits per heavy atom. The summed E-state index contributed by atoms with van der Waals surface area (Å²) in [5.74, 6) is 0.902. The van der Waals surface area contributed by atoms with E-state index in [0.29, 0.717) is 13.0 Å². The number of nitrogens with one attached hydrogen (secondary N) is 1. The highest BCUT2D eigenvalue weighted by atomic mass is 16.1. The fraction of sp³-hybridized carbons (Fsp3) is 0.533. The van der Waals surface area contributed by atoms with Crippen LogP contribution in [0, 0.1) is 5.92 Å². The molecular weight excluding hydrogens is 210 g/mol. The molecule has 0 aliphatic carbocycles. The van der Waals surface area contributed by atoms with E-state index in [2.05, 4.69) is 32.7 Å². The summed E-state index contributed by atoms with van der Waals surface area (Å²) >= 11 is 0. The van der Waals surface area contributed by atoms with Gasteiger partial charge in [0.15, 0.2) is 0 Å². The Morgan fingerprint density at radius 2 is 1.88 bits per heavy atom. The van der Waals surface area contributed by atoms with Gasteiger partial charge in [-0.2, -0.15) is 0 Å². The van der Waals surface area contributed by atoms with E-state index in [4.69, 9.17) is 0 Å². The van der Waals surface area contributed by atoms with Crippen LogP contribution in [0.4, 0.5) is 0 Å². The molecule has 1 amide bonds. The van der Waals surface area contributed by atoms with Crippen LogP contribution in [-0.4, -0.2) is 12.5 Å². The number of allylic oxidation sites excluding steroid dienone is 3. The van der Waals surface area contributed by atoms with Gasteiger partial charge in [-0.15, -0.1) is 0 Å². The lowest BCUT2D eigenvalue weighted by Crippen LogP contribution is -2.24. The maximum atomic E-state index is 10.9. The van der Waals surface area contributed by atoms with Crippen LogP contribution in [0.3, 0.4) is 0 Å². The Balaban J connectivity index is 0. The van der Waals surface area contributed by atoms with Crippen molar-refractivity contribution in [1.82, 2.24) is 5.32 Å². The van der Waals surface area contributed by atoms with Gasteiger partial charge in [0.25, 0.3) is 0 Å². The van der Waals surface area contributed by atoms with Crippen molar-refractivity contribution in [1.29, 1.82) is 0 Å². The van der Waals surface area contributed by atoms with Crippen molar-refractivity contribution < 1.29 is 4.79 Å². The number of rotatable bonds is 5. The highest BCUT2D eigenvalue weighted by molar-refractivity contribution is 5.75. The number of carbonyl (C=O) groups excluding carboxylic acids is 1. The van der Waals surface area contributed by atoms with Gasteiger partial charge in [0.2, 0.25) is 5.91 Å². The van der Waals surface area contributed by atoms with Gasteiger partial charge in [0.1, 0.15) is 0 Å². The van der Waals surface area contributed by atoms with Gasteiger partial charge in [0.05, 0.1) is 0 Å². The van der Waals surface area contributed by atoms with Crippen LogP contribution in [0.5, 0.6) is 0 Å². The molecule has 0 radical (unpaired) electrons. The van der Waals surface area contributed by atoms with Crippen LogP contribution in [-0.2, 0) is 4.79 Å². The summed E-state index contributed by atoms with van der Waals surface area (Å²) in [5.41, 5.74) is 1.05. The van der Waals surface area contributed by atoms with E-state index in [1.54, 1.807) is 6.08 Å². The zero-order valence-corrected chi connectivity index (χ0v) is 11.9. The van der Waals surface area contributed by atoms with E-state index < -0.39 is 0 Å². The van der Waals surface area contributed by atoms with Crippen molar-refractivity contribution in [3.63, 3.8) is 0 Å². The average Bonchev–Trinajstić information content (AvgIpc) is 2.25. The summed E-state index contributed by atoms with van der Waals surface area (Å²) in [7, 11) is 0. The molecule has 0 fully saturated rings. The van der Waals surface area contributed by atoms with Crippen molar-refractivity contribution in [2.45, 2.75) is 41.0 Å². The Bertz CT molecular complexity index is 259. The van der Waals surface area contributed by atoms with E-state index in [1.165, 1.54) is 0 Å². The molecule has 0 saturated heterocycles. The first-order valence-corrected chi connectivity index (χ1v) is 6.18. The van der Waals surface area contributed by atoms with E-state index >= 15 is 0 Å². The van der Waals surface area contributed by atoms with Crippen molar-refractivity contribution in [2.75, 3.05) is 6.54 Å². The zero-order chi connectivity index (χ0) is 13.7. The van der Waals surface area contributed by atoms with E-state index in [-0.39, 0.29) is 5.91 Å². The average molecular weight is 237 g/mol. The minimum atomic E-state index is 0.0689. The number of carbonyl (C=O) groups is 1. The monoisotopic (exact) mass is 237 g/mol. The third-order valence-corrected chi connectivity index (χ3v) is 1.52. The van der Waals surface area contributed by atoms with Gasteiger partial charge in [-0.1, -0.05) is 58.6 Å². The molecule has 0 aromatic carbocycles. The van der Waals surface area contributed by atoms with Crippen LogP contribution in [0.15, 0.2) is 36.5 Å². The standard InChI is InChI=1S/C11H17NO.C4H10/c1-4-7-10(8-5-2)9-12-11(13)6-3;1-4(2)3/h4-5,7-8H,1,6,9H2,2-3H3,(H,12,13);4H,1-3H3/b8-5-,10-7+;. The molecule has 0 saturated carbocycles. The third-order valence-electron chi connectivity index (χ3n) is 1.52. The molecule has 1 N–H and O–H groups in total. The number of amides is 1. The summed E-state index contributed by atoms with van der Waals surface area (Å²) in [6, 6.07) is 0. The van der Waals surface area contributed by atoms with E-state index in [0.717, 1.165) is 11.5 Å². The second kappa shape index (κ2) is 12.8. The van der Waals surface area contributed by atoms with Gasteiger partial charge in [-0.3, -0.25) is 4.79 Å². The SMILES string of the molecule is C=C/C=C(\C=C/C)CNC(=O)CC.CC(C)C. The molecule has 0 aliphatic rings. The fourth-order valence-corrected chi connectivity index (χ4v) is 0.865. The molecule has 0 bridgehead atoms. The molecular formula is C15H27NO. The fourth-order valence-electron chi connectivity index (χ4n) is 0.865. The molecule has 0 aromatic rings. The summed E-state index contributed by atoms with van der Waals surface area (Å²) in [4.78, 5) is 10.9. The molecule has 0 unspecified atom stereocenters. The topological polar surface area (TPSA) is 29.1 Å². The normalized spacial score (nSPS) is 11.1. The Labute approximate surface area is 106 Å². The lowest BCUT2D eigenvalue weighted by molar-refractivity contribution is -0.120. The number of hydrogen-bond donors (Lipinski definition) is 1. The molecule has 17 heavy (non-hydrogen) atoms. The minimum absolute atomic E-state index is 0.0689. The van der Waals surface area contributed by atoms with Crippen LogP contribution in [0.2, 0.25) is 0 Å². The van der Waals surface area contributed by atoms with Gasteiger partial charge >= 0.3 is 0 Å². The zero-order valence-electron chi connectivity index (χ0n) is 11.9. The summed E-state index contributed by atoms with van der Waals surface area (Å²) in [6.07, 6.45) is 8.02. The second-order valence-corrected chi connectivity index (χ2v) is 4.34. The van der Waals surface area contributed by atoms with Crippen molar-refractivity contribution in [3.8, 4) is 0 Å². The molecule has 0 heterocycles. The Hall–Kier alpha value is -1.31. The van der Waals surface area contributed by atoms with E-state index in [9.17, 15) is 4.79 Å². The maximum Gasteiger partial charge on any atom is 0.219 e. The number of hydrogen-bond acceptors (Lipinski definition) is 1. The molecule has 0 atom stereocenters. The molecule has 0 spiro atoms. The predicted octanol–water partition coefficient (Wildman–Crippen LogP) is 3.86. The highest BCUT2D eigenvalue weighted by Gasteiger charge is 1.96.